The Balaban J connectivity index is 2.60. The summed E-state index contributed by atoms with van der Waals surface area (Å²) in [7, 11) is 0. The van der Waals surface area contributed by atoms with E-state index in [0.717, 1.165) is 12.1 Å². The van der Waals surface area contributed by atoms with Crippen LogP contribution in [0.25, 0.3) is 0 Å². The molecule has 4 nitrogen and oxygen atoms in total. The molecule has 0 heterocycles. The lowest BCUT2D eigenvalue weighted by Crippen LogP contribution is -2.36. The molecule has 0 radical (unpaired) electrons. The van der Waals surface area contributed by atoms with Crippen LogP contribution in [0.4, 0.5) is 22.0 Å². The Morgan fingerprint density at radius 3 is 2.25 bits per heavy atom. The zero-order valence-corrected chi connectivity index (χ0v) is 10.1. The van der Waals surface area contributed by atoms with E-state index in [4.69, 9.17) is 5.73 Å². The van der Waals surface area contributed by atoms with Crippen molar-refractivity contribution >= 4 is 5.91 Å². The molecule has 3 N–H and O–H groups in total. The van der Waals surface area contributed by atoms with Gasteiger partial charge in [-0.15, -0.1) is 0 Å². The molecule has 0 aliphatic rings. The Hall–Kier alpha value is -1.90. The molecule has 0 unspecified atom stereocenters. The first-order chi connectivity index (χ1) is 9.23. The minimum Gasteiger partial charge on any atom is -0.478 e. The first kappa shape index (κ1) is 16.2. The predicted molar refractivity (Wildman–Crippen MR) is 58.8 cm³/mol. The summed E-state index contributed by atoms with van der Waals surface area (Å²) in [6.07, 6.45) is -4.57. The van der Waals surface area contributed by atoms with E-state index < -0.39 is 42.6 Å². The van der Waals surface area contributed by atoms with Crippen LogP contribution in [-0.4, -0.2) is 25.2 Å². The maximum Gasteiger partial charge on any atom is 0.405 e. The van der Waals surface area contributed by atoms with Crippen molar-refractivity contribution in [3.63, 3.8) is 0 Å². The van der Waals surface area contributed by atoms with E-state index in [9.17, 15) is 26.7 Å². The van der Waals surface area contributed by atoms with Gasteiger partial charge in [-0.3, -0.25) is 4.79 Å². The van der Waals surface area contributed by atoms with Crippen LogP contribution in [-0.2, 0) is 11.3 Å². The molecule has 20 heavy (non-hydrogen) atoms. The number of ether oxygens (including phenoxy) is 1. The van der Waals surface area contributed by atoms with E-state index in [2.05, 4.69) is 4.74 Å². The third kappa shape index (κ3) is 5.00. The second kappa shape index (κ2) is 6.51. The smallest absolute Gasteiger partial charge is 0.405 e. The molecule has 0 saturated heterocycles. The maximum absolute atomic E-state index is 13.4. The standard InChI is InChI=1S/C11H11F5N2O2/c12-7-1-6(3-17)2-8(13)10(7)20-4-9(19)18-5-11(14,15)16/h1-2H,3-5,17H2,(H,18,19). The van der Waals surface area contributed by atoms with Gasteiger partial charge in [-0.05, 0) is 17.7 Å². The summed E-state index contributed by atoms with van der Waals surface area (Å²) < 4.78 is 66.7. The third-order valence-electron chi connectivity index (χ3n) is 2.13. The van der Waals surface area contributed by atoms with Crippen LogP contribution < -0.4 is 15.8 Å². The van der Waals surface area contributed by atoms with Crippen molar-refractivity contribution in [3.05, 3.63) is 29.3 Å². The van der Waals surface area contributed by atoms with Gasteiger partial charge in [0.2, 0.25) is 0 Å². The van der Waals surface area contributed by atoms with Gasteiger partial charge in [-0.25, -0.2) is 8.78 Å². The van der Waals surface area contributed by atoms with E-state index in [1.165, 1.54) is 5.32 Å². The quantitative estimate of drug-likeness (QED) is 0.809. The van der Waals surface area contributed by atoms with Gasteiger partial charge in [-0.1, -0.05) is 0 Å². The molecule has 1 amide bonds. The minimum atomic E-state index is -4.57. The normalized spacial score (nSPS) is 11.3. The number of hydrogen-bond acceptors (Lipinski definition) is 3. The summed E-state index contributed by atoms with van der Waals surface area (Å²) >= 11 is 0. The highest BCUT2D eigenvalue weighted by molar-refractivity contribution is 5.77. The molecule has 112 valence electrons. The molecule has 1 aromatic carbocycles. The molecule has 0 aliphatic carbocycles. The zero-order chi connectivity index (χ0) is 15.3. The number of halogens is 5. The van der Waals surface area contributed by atoms with Crippen molar-refractivity contribution in [3.8, 4) is 5.75 Å². The van der Waals surface area contributed by atoms with E-state index in [1.807, 2.05) is 0 Å². The monoisotopic (exact) mass is 298 g/mol. The Labute approximate surface area is 110 Å². The number of benzene rings is 1. The molecule has 0 saturated carbocycles. The number of alkyl halides is 3. The second-order valence-electron chi connectivity index (χ2n) is 3.77. The summed E-state index contributed by atoms with van der Waals surface area (Å²) in [5.41, 5.74) is 5.37. The van der Waals surface area contributed by atoms with Crippen LogP contribution in [0.5, 0.6) is 5.75 Å². The first-order valence-electron chi connectivity index (χ1n) is 5.37. The van der Waals surface area contributed by atoms with Crippen molar-refractivity contribution in [2.24, 2.45) is 5.73 Å². The average molecular weight is 298 g/mol. The molecule has 0 aromatic heterocycles. The van der Waals surface area contributed by atoms with Crippen molar-refractivity contribution in [2.45, 2.75) is 12.7 Å². The van der Waals surface area contributed by atoms with E-state index in [1.54, 1.807) is 0 Å². The second-order valence-corrected chi connectivity index (χ2v) is 3.77. The first-order valence-corrected chi connectivity index (χ1v) is 5.37. The topological polar surface area (TPSA) is 64.3 Å². The lowest BCUT2D eigenvalue weighted by molar-refractivity contribution is -0.139. The number of rotatable bonds is 5. The van der Waals surface area contributed by atoms with Crippen molar-refractivity contribution in [1.29, 1.82) is 0 Å². The molecule has 0 spiro atoms. The van der Waals surface area contributed by atoms with Gasteiger partial charge in [0, 0.05) is 6.54 Å². The SMILES string of the molecule is NCc1cc(F)c(OCC(=O)NCC(F)(F)F)c(F)c1. The van der Waals surface area contributed by atoms with Gasteiger partial charge in [-0.2, -0.15) is 13.2 Å². The molecular weight excluding hydrogens is 287 g/mol. The van der Waals surface area contributed by atoms with Gasteiger partial charge in [0.05, 0.1) is 0 Å². The fourth-order valence-electron chi connectivity index (χ4n) is 1.26. The summed E-state index contributed by atoms with van der Waals surface area (Å²) in [5, 5.41) is 1.50. The Morgan fingerprint density at radius 1 is 1.25 bits per heavy atom. The number of carbonyl (C=O) groups is 1. The Kier molecular flexibility index (Phi) is 5.26. The Morgan fingerprint density at radius 2 is 1.80 bits per heavy atom. The summed E-state index contributed by atoms with van der Waals surface area (Å²) in [6, 6.07) is 1.82. The summed E-state index contributed by atoms with van der Waals surface area (Å²) in [4.78, 5) is 11.0. The fourth-order valence-corrected chi connectivity index (χ4v) is 1.26. The molecule has 0 bridgehead atoms. The van der Waals surface area contributed by atoms with Gasteiger partial charge >= 0.3 is 6.18 Å². The predicted octanol–water partition coefficient (Wildman–Crippen LogP) is 1.48. The summed E-state index contributed by atoms with van der Waals surface area (Å²) in [5.74, 6) is -4.17. The molecule has 0 aliphatic heterocycles. The Bertz CT molecular complexity index is 467. The number of amides is 1. The van der Waals surface area contributed by atoms with Crippen LogP contribution in [0.1, 0.15) is 5.56 Å². The van der Waals surface area contributed by atoms with Crippen LogP contribution in [0.15, 0.2) is 12.1 Å². The van der Waals surface area contributed by atoms with Crippen LogP contribution in [0.2, 0.25) is 0 Å². The molecule has 0 fully saturated rings. The highest BCUT2D eigenvalue weighted by Crippen LogP contribution is 2.23. The zero-order valence-electron chi connectivity index (χ0n) is 10.1. The molecule has 0 atom stereocenters. The number of carbonyl (C=O) groups excluding carboxylic acids is 1. The number of hydrogen-bond donors (Lipinski definition) is 2. The number of nitrogens with one attached hydrogen (secondary N) is 1. The highest BCUT2D eigenvalue weighted by Gasteiger charge is 2.27. The van der Waals surface area contributed by atoms with Crippen LogP contribution in [0, 0.1) is 11.6 Å². The number of nitrogens with two attached hydrogens (primary N) is 1. The molecule has 9 heteroatoms. The van der Waals surface area contributed by atoms with E-state index >= 15 is 0 Å². The lowest BCUT2D eigenvalue weighted by atomic mass is 10.2. The van der Waals surface area contributed by atoms with Gasteiger partial charge < -0.3 is 15.8 Å². The average Bonchev–Trinajstić information content (AvgIpc) is 2.34. The summed E-state index contributed by atoms with van der Waals surface area (Å²) in [6.45, 7) is -2.58. The van der Waals surface area contributed by atoms with Crippen molar-refractivity contribution < 1.29 is 31.5 Å². The fraction of sp³-hybridized carbons (Fsp3) is 0.364. The van der Waals surface area contributed by atoms with E-state index in [-0.39, 0.29) is 12.1 Å². The minimum absolute atomic E-state index is 0.0970. The van der Waals surface area contributed by atoms with Gasteiger partial charge in [0.1, 0.15) is 6.54 Å². The highest BCUT2D eigenvalue weighted by atomic mass is 19.4. The van der Waals surface area contributed by atoms with Crippen LogP contribution in [0.3, 0.4) is 0 Å². The third-order valence-corrected chi connectivity index (χ3v) is 2.13. The van der Waals surface area contributed by atoms with Crippen molar-refractivity contribution in [2.75, 3.05) is 13.2 Å². The molecular formula is C11H11F5N2O2. The van der Waals surface area contributed by atoms with Crippen LogP contribution >= 0.6 is 0 Å². The maximum atomic E-state index is 13.4. The van der Waals surface area contributed by atoms with Gasteiger partial charge in [0.25, 0.3) is 5.91 Å². The van der Waals surface area contributed by atoms with Crippen molar-refractivity contribution in [1.82, 2.24) is 5.32 Å². The largest absolute Gasteiger partial charge is 0.478 e. The van der Waals surface area contributed by atoms with Gasteiger partial charge in [0.15, 0.2) is 24.0 Å². The lowest BCUT2D eigenvalue weighted by Gasteiger charge is -2.11. The molecule has 1 aromatic rings. The van der Waals surface area contributed by atoms with E-state index in [0.29, 0.717) is 0 Å². The molecule has 1 rings (SSSR count).